The molecule has 1 N–H and O–H groups in total. The Balaban J connectivity index is 1.60. The predicted molar refractivity (Wildman–Crippen MR) is 104 cm³/mol. The number of carbonyl (C=O) groups excluding carboxylic acids is 1. The maximum absolute atomic E-state index is 12.3. The van der Waals surface area contributed by atoms with E-state index in [0.29, 0.717) is 23.2 Å². The molecule has 1 heterocycles. The van der Waals surface area contributed by atoms with Gasteiger partial charge in [-0.05, 0) is 42.7 Å². The first-order valence-corrected chi connectivity index (χ1v) is 9.39. The van der Waals surface area contributed by atoms with Crippen molar-refractivity contribution in [3.8, 4) is 5.75 Å². The Hall–Kier alpha value is -2.73. The SMILES string of the molecule is CCOc1ccc(C(=O)Nc2nnc(CC(C)c3ccccc3)s2)cc1. The Morgan fingerprint density at radius 1 is 1.12 bits per heavy atom. The van der Waals surface area contributed by atoms with E-state index in [1.807, 2.05) is 25.1 Å². The Morgan fingerprint density at radius 3 is 2.54 bits per heavy atom. The summed E-state index contributed by atoms with van der Waals surface area (Å²) >= 11 is 1.41. The van der Waals surface area contributed by atoms with E-state index in [2.05, 4.69) is 34.6 Å². The summed E-state index contributed by atoms with van der Waals surface area (Å²) in [7, 11) is 0. The van der Waals surface area contributed by atoms with Gasteiger partial charge in [-0.3, -0.25) is 10.1 Å². The highest BCUT2D eigenvalue weighted by molar-refractivity contribution is 7.15. The van der Waals surface area contributed by atoms with Gasteiger partial charge >= 0.3 is 0 Å². The van der Waals surface area contributed by atoms with Gasteiger partial charge in [-0.1, -0.05) is 48.6 Å². The summed E-state index contributed by atoms with van der Waals surface area (Å²) in [5.41, 5.74) is 1.82. The van der Waals surface area contributed by atoms with Gasteiger partial charge in [0.25, 0.3) is 5.91 Å². The fraction of sp³-hybridized carbons (Fsp3) is 0.250. The highest BCUT2D eigenvalue weighted by atomic mass is 32.1. The molecule has 2 aromatic carbocycles. The monoisotopic (exact) mass is 367 g/mol. The molecule has 0 aliphatic rings. The lowest BCUT2D eigenvalue weighted by molar-refractivity contribution is 0.102. The number of anilines is 1. The molecule has 0 fully saturated rings. The standard InChI is InChI=1S/C20H21N3O2S/c1-3-25-17-11-9-16(10-12-17)19(24)21-20-23-22-18(26-20)13-14(2)15-7-5-4-6-8-15/h4-12,14H,3,13H2,1-2H3,(H,21,23,24). The van der Waals surface area contributed by atoms with Crippen LogP contribution in [0.15, 0.2) is 54.6 Å². The van der Waals surface area contributed by atoms with Crippen molar-refractivity contribution >= 4 is 22.4 Å². The van der Waals surface area contributed by atoms with Crippen molar-refractivity contribution in [2.75, 3.05) is 11.9 Å². The van der Waals surface area contributed by atoms with Crippen molar-refractivity contribution in [2.45, 2.75) is 26.2 Å². The topological polar surface area (TPSA) is 64.1 Å². The fourth-order valence-electron chi connectivity index (χ4n) is 2.59. The summed E-state index contributed by atoms with van der Waals surface area (Å²) in [6.07, 6.45) is 0.792. The van der Waals surface area contributed by atoms with E-state index in [-0.39, 0.29) is 5.91 Å². The quantitative estimate of drug-likeness (QED) is 0.666. The zero-order chi connectivity index (χ0) is 18.4. The molecule has 0 spiro atoms. The average molecular weight is 367 g/mol. The van der Waals surface area contributed by atoms with Gasteiger partial charge in [0, 0.05) is 12.0 Å². The molecule has 1 aromatic heterocycles. The van der Waals surface area contributed by atoms with Crippen LogP contribution in [0.5, 0.6) is 5.75 Å². The zero-order valence-corrected chi connectivity index (χ0v) is 15.6. The molecule has 5 nitrogen and oxygen atoms in total. The van der Waals surface area contributed by atoms with E-state index >= 15 is 0 Å². The van der Waals surface area contributed by atoms with Crippen LogP contribution in [0.1, 0.15) is 40.7 Å². The molecule has 134 valence electrons. The lowest BCUT2D eigenvalue weighted by Crippen LogP contribution is -2.11. The minimum Gasteiger partial charge on any atom is -0.494 e. The van der Waals surface area contributed by atoms with Gasteiger partial charge < -0.3 is 4.74 Å². The molecule has 0 radical (unpaired) electrons. The number of rotatable bonds is 7. The van der Waals surface area contributed by atoms with E-state index in [1.165, 1.54) is 16.9 Å². The second-order valence-corrected chi connectivity index (χ2v) is 6.99. The van der Waals surface area contributed by atoms with E-state index in [4.69, 9.17) is 4.74 Å². The maximum atomic E-state index is 12.3. The van der Waals surface area contributed by atoms with Crippen molar-refractivity contribution in [1.29, 1.82) is 0 Å². The lowest BCUT2D eigenvalue weighted by atomic mass is 9.98. The van der Waals surface area contributed by atoms with Crippen molar-refractivity contribution in [2.24, 2.45) is 0 Å². The largest absolute Gasteiger partial charge is 0.494 e. The van der Waals surface area contributed by atoms with Crippen molar-refractivity contribution in [1.82, 2.24) is 10.2 Å². The summed E-state index contributed by atoms with van der Waals surface area (Å²) in [4.78, 5) is 12.3. The van der Waals surface area contributed by atoms with Gasteiger partial charge in [0.2, 0.25) is 5.13 Å². The van der Waals surface area contributed by atoms with Crippen LogP contribution in [0, 0.1) is 0 Å². The first-order chi connectivity index (χ1) is 12.7. The van der Waals surface area contributed by atoms with Crippen LogP contribution in [0.25, 0.3) is 0 Å². The third-order valence-corrected chi connectivity index (χ3v) is 4.83. The molecule has 1 atom stereocenters. The fourth-order valence-corrected chi connectivity index (χ4v) is 3.45. The van der Waals surface area contributed by atoms with E-state index in [1.54, 1.807) is 24.3 Å². The molecular weight excluding hydrogens is 346 g/mol. The molecule has 3 rings (SSSR count). The molecule has 0 saturated heterocycles. The van der Waals surface area contributed by atoms with Gasteiger partial charge in [-0.2, -0.15) is 0 Å². The van der Waals surface area contributed by atoms with Crippen molar-refractivity contribution in [3.63, 3.8) is 0 Å². The molecule has 0 aliphatic carbocycles. The second-order valence-electron chi connectivity index (χ2n) is 5.93. The maximum Gasteiger partial charge on any atom is 0.257 e. The normalized spacial score (nSPS) is 11.8. The molecule has 0 aliphatic heterocycles. The first-order valence-electron chi connectivity index (χ1n) is 8.57. The molecule has 0 bridgehead atoms. The number of nitrogens with zero attached hydrogens (tertiary/aromatic N) is 2. The van der Waals surface area contributed by atoms with Crippen molar-refractivity contribution < 1.29 is 9.53 Å². The predicted octanol–water partition coefficient (Wildman–Crippen LogP) is 4.54. The van der Waals surface area contributed by atoms with Gasteiger partial charge in [-0.15, -0.1) is 10.2 Å². The minimum atomic E-state index is -0.202. The zero-order valence-electron chi connectivity index (χ0n) is 14.8. The number of hydrogen-bond acceptors (Lipinski definition) is 5. The third kappa shape index (κ3) is 4.67. The van der Waals surface area contributed by atoms with Gasteiger partial charge in [0.15, 0.2) is 0 Å². The molecular formula is C20H21N3O2S. The van der Waals surface area contributed by atoms with E-state index in [9.17, 15) is 4.79 Å². The van der Waals surface area contributed by atoms with Crippen LogP contribution in [-0.4, -0.2) is 22.7 Å². The first kappa shape index (κ1) is 18.1. The smallest absolute Gasteiger partial charge is 0.257 e. The lowest BCUT2D eigenvalue weighted by Gasteiger charge is -2.08. The number of nitrogens with one attached hydrogen (secondary N) is 1. The molecule has 0 saturated carbocycles. The van der Waals surface area contributed by atoms with Crippen molar-refractivity contribution in [3.05, 3.63) is 70.7 Å². The summed E-state index contributed by atoms with van der Waals surface area (Å²) < 4.78 is 5.38. The number of hydrogen-bond donors (Lipinski definition) is 1. The van der Waals surface area contributed by atoms with Crippen LogP contribution in [0.4, 0.5) is 5.13 Å². The molecule has 6 heteroatoms. The Bertz CT molecular complexity index is 847. The number of benzene rings is 2. The van der Waals surface area contributed by atoms with Gasteiger partial charge in [0.05, 0.1) is 6.61 Å². The molecule has 1 amide bonds. The van der Waals surface area contributed by atoms with Crippen LogP contribution in [-0.2, 0) is 6.42 Å². The van der Waals surface area contributed by atoms with Crippen LogP contribution in [0.3, 0.4) is 0 Å². The van der Waals surface area contributed by atoms with Crippen LogP contribution < -0.4 is 10.1 Å². The Labute approximate surface area is 157 Å². The Morgan fingerprint density at radius 2 is 1.85 bits per heavy atom. The summed E-state index contributed by atoms with van der Waals surface area (Å²) in [6.45, 7) is 4.68. The summed E-state index contributed by atoms with van der Waals surface area (Å²) in [5.74, 6) is 0.891. The summed E-state index contributed by atoms with van der Waals surface area (Å²) in [6, 6.07) is 17.3. The Kier molecular flexibility index (Phi) is 5.96. The molecule has 3 aromatic rings. The van der Waals surface area contributed by atoms with Crippen LogP contribution >= 0.6 is 11.3 Å². The summed E-state index contributed by atoms with van der Waals surface area (Å²) in [5, 5.41) is 12.5. The number of amides is 1. The highest BCUT2D eigenvalue weighted by Gasteiger charge is 2.13. The number of carbonyl (C=O) groups is 1. The van der Waals surface area contributed by atoms with E-state index < -0.39 is 0 Å². The highest BCUT2D eigenvalue weighted by Crippen LogP contribution is 2.24. The minimum absolute atomic E-state index is 0.202. The van der Waals surface area contributed by atoms with Crippen LogP contribution in [0.2, 0.25) is 0 Å². The number of ether oxygens (including phenoxy) is 1. The second kappa shape index (κ2) is 8.58. The average Bonchev–Trinajstić information content (AvgIpc) is 3.10. The van der Waals surface area contributed by atoms with Gasteiger partial charge in [-0.25, -0.2) is 0 Å². The molecule has 1 unspecified atom stereocenters. The number of aromatic nitrogens is 2. The third-order valence-electron chi connectivity index (χ3n) is 3.96. The van der Waals surface area contributed by atoms with Gasteiger partial charge in [0.1, 0.15) is 10.8 Å². The molecule has 26 heavy (non-hydrogen) atoms. The van der Waals surface area contributed by atoms with E-state index in [0.717, 1.165) is 17.2 Å².